The fourth-order valence-electron chi connectivity index (χ4n) is 1.53. The number of amides is 1. The van der Waals surface area contributed by atoms with E-state index in [1.807, 2.05) is 23.8 Å². The van der Waals surface area contributed by atoms with Crippen LogP contribution >= 0.6 is 22.7 Å². The maximum atomic E-state index is 12.0. The summed E-state index contributed by atoms with van der Waals surface area (Å²) in [5.74, 6) is 5.26. The number of aliphatic hydroxyl groups is 1. The minimum absolute atomic E-state index is 0.00664. The predicted octanol–water partition coefficient (Wildman–Crippen LogP) is 2.64. The smallest absolute Gasteiger partial charge is 0.261 e. The molecule has 0 fully saturated rings. The van der Waals surface area contributed by atoms with Gasteiger partial charge in [0, 0.05) is 0 Å². The van der Waals surface area contributed by atoms with Gasteiger partial charge in [0.1, 0.15) is 6.61 Å². The third-order valence-corrected chi connectivity index (χ3v) is 4.21. The van der Waals surface area contributed by atoms with Crippen molar-refractivity contribution in [2.45, 2.75) is 13.0 Å². The monoisotopic (exact) mass is 291 g/mol. The first-order valence-electron chi connectivity index (χ1n) is 5.73. The van der Waals surface area contributed by atoms with E-state index in [-0.39, 0.29) is 18.6 Å². The van der Waals surface area contributed by atoms with E-state index < -0.39 is 0 Å². The molecule has 5 heteroatoms. The van der Waals surface area contributed by atoms with Crippen molar-refractivity contribution in [1.82, 2.24) is 5.32 Å². The third kappa shape index (κ3) is 3.67. The van der Waals surface area contributed by atoms with Gasteiger partial charge in [-0.3, -0.25) is 4.79 Å². The summed E-state index contributed by atoms with van der Waals surface area (Å²) in [7, 11) is 0. The maximum absolute atomic E-state index is 12.0. The molecule has 2 aromatic rings. The molecule has 0 saturated carbocycles. The van der Waals surface area contributed by atoms with Crippen molar-refractivity contribution < 1.29 is 9.90 Å². The van der Waals surface area contributed by atoms with E-state index in [2.05, 4.69) is 17.2 Å². The molecule has 2 aromatic heterocycles. The molecular weight excluding hydrogens is 278 g/mol. The summed E-state index contributed by atoms with van der Waals surface area (Å²) < 4.78 is 0. The lowest BCUT2D eigenvalue weighted by atomic mass is 10.2. The Morgan fingerprint density at radius 2 is 2.32 bits per heavy atom. The molecule has 2 N–H and O–H groups in total. The van der Waals surface area contributed by atoms with Crippen LogP contribution in [0.25, 0.3) is 0 Å². The van der Waals surface area contributed by atoms with Crippen molar-refractivity contribution in [2.24, 2.45) is 0 Å². The van der Waals surface area contributed by atoms with Crippen molar-refractivity contribution in [2.75, 3.05) is 6.61 Å². The van der Waals surface area contributed by atoms with Crippen molar-refractivity contribution in [3.8, 4) is 11.8 Å². The maximum Gasteiger partial charge on any atom is 0.261 e. The van der Waals surface area contributed by atoms with E-state index in [4.69, 9.17) is 5.11 Å². The first-order valence-corrected chi connectivity index (χ1v) is 7.49. The van der Waals surface area contributed by atoms with E-state index >= 15 is 0 Å². The number of hydrogen-bond acceptors (Lipinski definition) is 4. The van der Waals surface area contributed by atoms with Crippen LogP contribution in [0.15, 0.2) is 29.0 Å². The normalized spacial score (nSPS) is 11.5. The summed E-state index contributed by atoms with van der Waals surface area (Å²) in [5.41, 5.74) is 1.11. The number of carbonyl (C=O) groups is 1. The Morgan fingerprint density at radius 1 is 1.47 bits per heavy atom. The standard InChI is InChI=1S/C14H13NO2S2/c1-10(11-6-8-18-9-11)15-14(17)13-5-4-12(19-13)3-2-7-16/h4-6,8-10,16H,7H2,1H3,(H,15,17). The van der Waals surface area contributed by atoms with E-state index in [9.17, 15) is 4.79 Å². The summed E-state index contributed by atoms with van der Waals surface area (Å²) in [4.78, 5) is 13.5. The molecular formula is C14H13NO2S2. The molecule has 19 heavy (non-hydrogen) atoms. The van der Waals surface area contributed by atoms with Gasteiger partial charge in [-0.2, -0.15) is 11.3 Å². The summed E-state index contributed by atoms with van der Waals surface area (Å²) in [6, 6.07) is 5.54. The minimum Gasteiger partial charge on any atom is -0.384 e. The summed E-state index contributed by atoms with van der Waals surface area (Å²) >= 11 is 2.94. The molecule has 0 saturated heterocycles. The van der Waals surface area contributed by atoms with E-state index in [1.165, 1.54) is 11.3 Å². The van der Waals surface area contributed by atoms with Gasteiger partial charge in [0.25, 0.3) is 5.91 Å². The SMILES string of the molecule is CC(NC(=O)c1ccc(C#CCO)s1)c1ccsc1. The van der Waals surface area contributed by atoms with Crippen LogP contribution in [0.2, 0.25) is 0 Å². The predicted molar refractivity (Wildman–Crippen MR) is 78.5 cm³/mol. The Bertz CT molecular complexity index is 605. The molecule has 1 atom stereocenters. The Kier molecular flexibility index (Phi) is 4.74. The van der Waals surface area contributed by atoms with Gasteiger partial charge in [-0.25, -0.2) is 0 Å². The highest BCUT2D eigenvalue weighted by Crippen LogP contribution is 2.19. The molecule has 0 bridgehead atoms. The van der Waals surface area contributed by atoms with Crippen LogP contribution in [0, 0.1) is 11.8 Å². The van der Waals surface area contributed by atoms with Gasteiger partial charge < -0.3 is 10.4 Å². The first kappa shape index (κ1) is 13.8. The van der Waals surface area contributed by atoms with Gasteiger partial charge in [0.2, 0.25) is 0 Å². The van der Waals surface area contributed by atoms with Crippen LogP contribution in [0.3, 0.4) is 0 Å². The molecule has 0 aliphatic rings. The number of nitrogens with one attached hydrogen (secondary N) is 1. The van der Waals surface area contributed by atoms with Crippen LogP contribution in [0.4, 0.5) is 0 Å². The van der Waals surface area contributed by atoms with E-state index in [1.54, 1.807) is 23.5 Å². The molecule has 2 heterocycles. The number of rotatable bonds is 3. The topological polar surface area (TPSA) is 49.3 Å². The average Bonchev–Trinajstić information content (AvgIpc) is 3.07. The Balaban J connectivity index is 2.02. The second kappa shape index (κ2) is 6.53. The van der Waals surface area contributed by atoms with Gasteiger partial charge in [0.05, 0.1) is 15.8 Å². The lowest BCUT2D eigenvalue weighted by Gasteiger charge is -2.11. The number of thiophene rings is 2. The molecule has 0 radical (unpaired) electrons. The van der Waals surface area contributed by atoms with Crippen molar-refractivity contribution in [1.29, 1.82) is 0 Å². The molecule has 2 rings (SSSR count). The third-order valence-electron chi connectivity index (χ3n) is 2.51. The number of hydrogen-bond donors (Lipinski definition) is 2. The van der Waals surface area contributed by atoms with Crippen LogP contribution in [0.5, 0.6) is 0 Å². The minimum atomic E-state index is -0.172. The first-order chi connectivity index (χ1) is 9.20. The quantitative estimate of drug-likeness (QED) is 0.854. The largest absolute Gasteiger partial charge is 0.384 e. The van der Waals surface area contributed by atoms with Gasteiger partial charge in [-0.1, -0.05) is 11.8 Å². The second-order valence-corrected chi connectivity index (χ2v) is 5.74. The highest BCUT2D eigenvalue weighted by Gasteiger charge is 2.13. The molecule has 0 spiro atoms. The Morgan fingerprint density at radius 3 is 3.00 bits per heavy atom. The molecule has 3 nitrogen and oxygen atoms in total. The fraction of sp³-hybridized carbons (Fsp3) is 0.214. The van der Waals surface area contributed by atoms with Gasteiger partial charge in [-0.05, 0) is 41.4 Å². The molecule has 1 amide bonds. The van der Waals surface area contributed by atoms with Gasteiger partial charge in [-0.15, -0.1) is 11.3 Å². The fourth-order valence-corrected chi connectivity index (χ4v) is 3.06. The highest BCUT2D eigenvalue weighted by molar-refractivity contribution is 7.14. The summed E-state index contributed by atoms with van der Waals surface area (Å²) in [5, 5.41) is 15.6. The molecule has 0 aromatic carbocycles. The zero-order valence-electron chi connectivity index (χ0n) is 10.3. The zero-order chi connectivity index (χ0) is 13.7. The van der Waals surface area contributed by atoms with E-state index in [0.29, 0.717) is 4.88 Å². The summed E-state index contributed by atoms with van der Waals surface area (Å²) in [6.07, 6.45) is 0. The molecule has 0 aliphatic heterocycles. The lowest BCUT2D eigenvalue weighted by molar-refractivity contribution is 0.0944. The number of aliphatic hydroxyl groups excluding tert-OH is 1. The lowest BCUT2D eigenvalue weighted by Crippen LogP contribution is -2.25. The van der Waals surface area contributed by atoms with Crippen molar-refractivity contribution >= 4 is 28.6 Å². The average molecular weight is 291 g/mol. The van der Waals surface area contributed by atoms with Crippen LogP contribution in [-0.2, 0) is 0 Å². The zero-order valence-corrected chi connectivity index (χ0v) is 12.0. The van der Waals surface area contributed by atoms with Crippen LogP contribution in [-0.4, -0.2) is 17.6 Å². The van der Waals surface area contributed by atoms with Gasteiger partial charge in [0.15, 0.2) is 0 Å². The molecule has 0 aliphatic carbocycles. The van der Waals surface area contributed by atoms with E-state index in [0.717, 1.165) is 10.4 Å². The Hall–Kier alpha value is -1.61. The van der Waals surface area contributed by atoms with Crippen LogP contribution in [0.1, 0.15) is 33.1 Å². The van der Waals surface area contributed by atoms with Gasteiger partial charge >= 0.3 is 0 Å². The van der Waals surface area contributed by atoms with Crippen molar-refractivity contribution in [3.63, 3.8) is 0 Å². The van der Waals surface area contributed by atoms with Crippen LogP contribution < -0.4 is 5.32 Å². The highest BCUT2D eigenvalue weighted by atomic mass is 32.1. The summed E-state index contributed by atoms with van der Waals surface area (Å²) in [6.45, 7) is 1.79. The number of carbonyl (C=O) groups excluding carboxylic acids is 1. The molecule has 98 valence electrons. The molecule has 1 unspecified atom stereocenters. The Labute approximate surface area is 119 Å². The second-order valence-electron chi connectivity index (χ2n) is 3.88. The van der Waals surface area contributed by atoms with Crippen molar-refractivity contribution in [3.05, 3.63) is 44.3 Å².